The molecule has 146 valence electrons. The first-order valence-corrected chi connectivity index (χ1v) is 10.4. The second-order valence-electron chi connectivity index (χ2n) is 8.11. The van der Waals surface area contributed by atoms with Crippen molar-refractivity contribution in [3.8, 4) is 16.9 Å². The summed E-state index contributed by atoms with van der Waals surface area (Å²) in [5, 5.41) is 0. The number of aryl methyl sites for hydroxylation is 1. The van der Waals surface area contributed by atoms with Gasteiger partial charge in [0.05, 0.1) is 18.7 Å². The molecule has 0 spiro atoms. The van der Waals surface area contributed by atoms with Gasteiger partial charge in [0.2, 0.25) is 0 Å². The summed E-state index contributed by atoms with van der Waals surface area (Å²) in [6.45, 7) is 0. The highest BCUT2D eigenvalue weighted by atomic mass is 16.5. The first kappa shape index (κ1) is 18.0. The van der Waals surface area contributed by atoms with Gasteiger partial charge in [0.25, 0.3) is 0 Å². The van der Waals surface area contributed by atoms with E-state index < -0.39 is 0 Å². The maximum atomic E-state index is 13.7. The van der Waals surface area contributed by atoms with E-state index >= 15 is 0 Å². The van der Waals surface area contributed by atoms with Crippen LogP contribution in [0.25, 0.3) is 11.1 Å². The Morgan fingerprint density at radius 3 is 2.66 bits per heavy atom. The summed E-state index contributed by atoms with van der Waals surface area (Å²) in [5.41, 5.74) is 15.0. The molecule has 0 amide bonds. The maximum Gasteiger partial charge on any atom is 0.170 e. The Hall–Kier alpha value is -3.07. The van der Waals surface area contributed by atoms with Crippen LogP contribution >= 0.6 is 0 Å². The molecule has 3 aromatic carbocycles. The van der Waals surface area contributed by atoms with Crippen LogP contribution in [0.5, 0.6) is 5.75 Å². The summed E-state index contributed by atoms with van der Waals surface area (Å²) >= 11 is 0. The van der Waals surface area contributed by atoms with E-state index in [2.05, 4.69) is 36.4 Å². The third-order valence-corrected chi connectivity index (χ3v) is 6.49. The minimum atomic E-state index is -0.165. The highest BCUT2D eigenvalue weighted by Crippen LogP contribution is 2.45. The number of carbonyl (C=O) groups is 1. The topological polar surface area (TPSA) is 52.3 Å². The van der Waals surface area contributed by atoms with E-state index in [1.807, 2.05) is 6.07 Å². The van der Waals surface area contributed by atoms with Gasteiger partial charge in [-0.3, -0.25) is 4.79 Å². The summed E-state index contributed by atoms with van der Waals surface area (Å²) in [7, 11) is 1.59. The lowest BCUT2D eigenvalue weighted by molar-refractivity contribution is 0.0957. The minimum Gasteiger partial charge on any atom is -0.495 e. The lowest BCUT2D eigenvalue weighted by atomic mass is 9.71. The summed E-state index contributed by atoms with van der Waals surface area (Å²) in [6.07, 6.45) is 5.35. The van der Waals surface area contributed by atoms with Gasteiger partial charge in [0, 0.05) is 5.56 Å². The van der Waals surface area contributed by atoms with Crippen molar-refractivity contribution >= 4 is 11.5 Å². The van der Waals surface area contributed by atoms with Gasteiger partial charge in [0.15, 0.2) is 5.78 Å². The lowest BCUT2D eigenvalue weighted by Crippen LogP contribution is -2.23. The van der Waals surface area contributed by atoms with E-state index in [0.717, 1.165) is 19.3 Å². The zero-order chi connectivity index (χ0) is 20.0. The third kappa shape index (κ3) is 2.93. The van der Waals surface area contributed by atoms with Crippen LogP contribution < -0.4 is 10.5 Å². The van der Waals surface area contributed by atoms with E-state index in [1.165, 1.54) is 46.2 Å². The van der Waals surface area contributed by atoms with Crippen LogP contribution in [0.4, 0.5) is 5.69 Å². The van der Waals surface area contributed by atoms with Gasteiger partial charge in [-0.05, 0) is 83.7 Å². The van der Waals surface area contributed by atoms with Crippen LogP contribution in [0.3, 0.4) is 0 Å². The van der Waals surface area contributed by atoms with E-state index in [0.29, 0.717) is 17.0 Å². The average molecular weight is 383 g/mol. The molecule has 0 saturated carbocycles. The Balaban J connectivity index is 1.68. The fourth-order valence-corrected chi connectivity index (χ4v) is 5.06. The Bertz CT molecular complexity index is 1120. The van der Waals surface area contributed by atoms with Gasteiger partial charge in [0.1, 0.15) is 5.75 Å². The number of benzene rings is 3. The van der Waals surface area contributed by atoms with E-state index in [9.17, 15) is 4.79 Å². The number of fused-ring (bicyclic) bond motifs is 5. The molecule has 2 aliphatic carbocycles. The molecule has 3 heteroatoms. The molecule has 2 aliphatic rings. The van der Waals surface area contributed by atoms with Crippen molar-refractivity contribution in [1.29, 1.82) is 0 Å². The molecule has 2 N–H and O–H groups in total. The molecule has 5 rings (SSSR count). The molecule has 0 radical (unpaired) electrons. The minimum absolute atomic E-state index is 0.151. The normalized spacial score (nSPS) is 17.1. The number of methoxy groups -OCH3 is 1. The number of hydrogen-bond acceptors (Lipinski definition) is 3. The third-order valence-electron chi connectivity index (χ3n) is 6.49. The molecule has 1 unspecified atom stereocenters. The fourth-order valence-electron chi connectivity index (χ4n) is 5.06. The number of rotatable bonds is 3. The SMILES string of the molecule is COc1cc(C(=O)C2Cc3ccccc3-c3ccc4c(c32)CCCC4)ccc1N. The molecular formula is C26H25NO2. The second-order valence-corrected chi connectivity index (χ2v) is 8.11. The van der Waals surface area contributed by atoms with E-state index in [-0.39, 0.29) is 11.7 Å². The zero-order valence-electron chi connectivity index (χ0n) is 16.7. The lowest BCUT2D eigenvalue weighted by Gasteiger charge is -2.32. The number of nitrogens with two attached hydrogens (primary N) is 1. The van der Waals surface area contributed by atoms with Gasteiger partial charge in [-0.1, -0.05) is 36.4 Å². The number of anilines is 1. The molecule has 0 fully saturated rings. The van der Waals surface area contributed by atoms with Crippen molar-refractivity contribution < 1.29 is 9.53 Å². The standard InChI is InChI=1S/C26H25NO2/c1-29-24-15-18(11-13-23(24)27)26(28)22-14-17-7-3-4-8-19(17)21-12-10-16-6-2-5-9-20(16)25(21)22/h3-4,7-8,10-13,15,22H,2,5-6,9,14,27H2,1H3. The molecule has 0 bridgehead atoms. The molecule has 3 aromatic rings. The van der Waals surface area contributed by atoms with Crippen LogP contribution in [0, 0.1) is 0 Å². The molecule has 0 aromatic heterocycles. The van der Waals surface area contributed by atoms with Gasteiger partial charge in [-0.15, -0.1) is 0 Å². The number of ketones is 1. The number of carbonyl (C=O) groups excluding carboxylic acids is 1. The van der Waals surface area contributed by atoms with Crippen LogP contribution in [-0.2, 0) is 19.3 Å². The Morgan fingerprint density at radius 1 is 0.966 bits per heavy atom. The van der Waals surface area contributed by atoms with Crippen LogP contribution in [-0.4, -0.2) is 12.9 Å². The van der Waals surface area contributed by atoms with Gasteiger partial charge < -0.3 is 10.5 Å². The highest BCUT2D eigenvalue weighted by molar-refractivity contribution is 6.04. The van der Waals surface area contributed by atoms with Crippen LogP contribution in [0.1, 0.15) is 51.4 Å². The fraction of sp³-hybridized carbons (Fsp3) is 0.269. The van der Waals surface area contributed by atoms with Crippen LogP contribution in [0.2, 0.25) is 0 Å². The summed E-state index contributed by atoms with van der Waals surface area (Å²) < 4.78 is 5.36. The molecular weight excluding hydrogens is 358 g/mol. The van der Waals surface area contributed by atoms with Crippen molar-refractivity contribution in [3.63, 3.8) is 0 Å². The second kappa shape index (κ2) is 7.07. The highest BCUT2D eigenvalue weighted by Gasteiger charge is 2.33. The van der Waals surface area contributed by atoms with Crippen molar-refractivity contribution in [2.45, 2.75) is 38.0 Å². The molecule has 0 heterocycles. The smallest absolute Gasteiger partial charge is 0.170 e. The molecule has 3 nitrogen and oxygen atoms in total. The van der Waals surface area contributed by atoms with Crippen LogP contribution in [0.15, 0.2) is 54.6 Å². The number of hydrogen-bond donors (Lipinski definition) is 1. The molecule has 0 aliphatic heterocycles. The first-order chi connectivity index (χ1) is 14.2. The number of Topliss-reactive ketones (excluding diaryl/α,β-unsaturated/α-hetero) is 1. The van der Waals surface area contributed by atoms with Crippen molar-refractivity contribution in [2.24, 2.45) is 0 Å². The first-order valence-electron chi connectivity index (χ1n) is 10.4. The number of ether oxygens (including phenoxy) is 1. The van der Waals surface area contributed by atoms with E-state index in [1.54, 1.807) is 19.2 Å². The summed E-state index contributed by atoms with van der Waals surface area (Å²) in [4.78, 5) is 13.7. The zero-order valence-corrected chi connectivity index (χ0v) is 16.7. The monoisotopic (exact) mass is 383 g/mol. The van der Waals surface area contributed by atoms with Gasteiger partial charge >= 0.3 is 0 Å². The van der Waals surface area contributed by atoms with Crippen molar-refractivity contribution in [3.05, 3.63) is 82.4 Å². The Morgan fingerprint density at radius 2 is 1.79 bits per heavy atom. The average Bonchev–Trinajstić information content (AvgIpc) is 2.78. The molecule has 1 atom stereocenters. The van der Waals surface area contributed by atoms with E-state index in [4.69, 9.17) is 10.5 Å². The van der Waals surface area contributed by atoms with Crippen molar-refractivity contribution in [2.75, 3.05) is 12.8 Å². The van der Waals surface area contributed by atoms with Gasteiger partial charge in [-0.25, -0.2) is 0 Å². The quantitative estimate of drug-likeness (QED) is 0.490. The number of nitrogen functional groups attached to an aromatic ring is 1. The maximum absolute atomic E-state index is 13.7. The Kier molecular flexibility index (Phi) is 4.39. The Labute approximate surface area is 171 Å². The van der Waals surface area contributed by atoms with Crippen molar-refractivity contribution in [1.82, 2.24) is 0 Å². The predicted octanol–water partition coefficient (Wildman–Crippen LogP) is 5.35. The molecule has 0 saturated heterocycles. The summed E-state index contributed by atoms with van der Waals surface area (Å²) in [5.74, 6) is 0.543. The predicted molar refractivity (Wildman–Crippen MR) is 117 cm³/mol. The largest absolute Gasteiger partial charge is 0.495 e. The summed E-state index contributed by atoms with van der Waals surface area (Å²) in [6, 6.07) is 18.4. The van der Waals surface area contributed by atoms with Gasteiger partial charge in [-0.2, -0.15) is 0 Å². The molecule has 29 heavy (non-hydrogen) atoms.